The molecule has 2 amide bonds. The van der Waals surface area contributed by atoms with Gasteiger partial charge in [0, 0.05) is 13.0 Å². The summed E-state index contributed by atoms with van der Waals surface area (Å²) in [6.45, 7) is 3.96. The van der Waals surface area contributed by atoms with Crippen molar-refractivity contribution in [3.63, 3.8) is 0 Å². The van der Waals surface area contributed by atoms with Gasteiger partial charge in [-0.3, -0.25) is 14.5 Å². The van der Waals surface area contributed by atoms with E-state index in [-0.39, 0.29) is 18.9 Å². The molecule has 1 aromatic carbocycles. The number of amides is 2. The van der Waals surface area contributed by atoms with E-state index in [1.807, 2.05) is 38.1 Å². The summed E-state index contributed by atoms with van der Waals surface area (Å²) >= 11 is 6.46. The molecule has 1 saturated heterocycles. The first-order chi connectivity index (χ1) is 12.8. The normalized spacial score (nSPS) is 16.7. The van der Waals surface area contributed by atoms with Crippen LogP contribution in [0.2, 0.25) is 0 Å². The van der Waals surface area contributed by atoms with Gasteiger partial charge < -0.3 is 10.4 Å². The molecular formula is C19H22N2O4S2. The summed E-state index contributed by atoms with van der Waals surface area (Å²) in [7, 11) is 0. The van der Waals surface area contributed by atoms with Crippen molar-refractivity contribution in [2.75, 3.05) is 6.54 Å². The number of rotatable bonds is 8. The van der Waals surface area contributed by atoms with Crippen LogP contribution in [0.15, 0.2) is 29.2 Å². The average Bonchev–Trinajstić information content (AvgIpc) is 2.88. The molecule has 2 N–H and O–H groups in total. The summed E-state index contributed by atoms with van der Waals surface area (Å²) in [5.41, 5.74) is 2.04. The van der Waals surface area contributed by atoms with Gasteiger partial charge in [-0.15, -0.1) is 0 Å². The third-order valence-corrected chi connectivity index (χ3v) is 5.40. The van der Waals surface area contributed by atoms with Gasteiger partial charge in [-0.25, -0.2) is 4.79 Å². The minimum Gasteiger partial charge on any atom is -0.480 e. The van der Waals surface area contributed by atoms with Gasteiger partial charge in [0.25, 0.3) is 5.91 Å². The molecule has 8 heteroatoms. The molecular weight excluding hydrogens is 384 g/mol. The van der Waals surface area contributed by atoms with Crippen molar-refractivity contribution in [2.45, 2.75) is 39.2 Å². The molecule has 0 aliphatic carbocycles. The summed E-state index contributed by atoms with van der Waals surface area (Å²) in [6, 6.07) is 6.87. The van der Waals surface area contributed by atoms with Crippen LogP contribution in [0, 0.1) is 6.92 Å². The van der Waals surface area contributed by atoms with Crippen LogP contribution in [0.25, 0.3) is 6.08 Å². The molecule has 1 aliphatic rings. The number of carbonyl (C=O) groups excluding carboxylic acids is 2. The predicted molar refractivity (Wildman–Crippen MR) is 110 cm³/mol. The number of carboxylic acids is 1. The van der Waals surface area contributed by atoms with E-state index in [0.717, 1.165) is 11.1 Å². The highest BCUT2D eigenvalue weighted by Gasteiger charge is 2.32. The monoisotopic (exact) mass is 406 g/mol. The number of thioether (sulfide) groups is 1. The van der Waals surface area contributed by atoms with Crippen LogP contribution in [0.4, 0.5) is 0 Å². The summed E-state index contributed by atoms with van der Waals surface area (Å²) < 4.78 is 0.398. The highest BCUT2D eigenvalue weighted by molar-refractivity contribution is 8.26. The maximum absolute atomic E-state index is 12.6. The first-order valence-corrected chi connectivity index (χ1v) is 9.88. The first-order valence-electron chi connectivity index (χ1n) is 8.66. The largest absolute Gasteiger partial charge is 0.480 e. The Morgan fingerprint density at radius 2 is 2.00 bits per heavy atom. The van der Waals surface area contributed by atoms with Crippen LogP contribution in [-0.2, 0) is 14.4 Å². The Hall–Kier alpha value is -2.19. The molecule has 1 atom stereocenters. The van der Waals surface area contributed by atoms with Crippen LogP contribution < -0.4 is 5.32 Å². The van der Waals surface area contributed by atoms with Gasteiger partial charge in [-0.1, -0.05) is 67.2 Å². The number of aliphatic carboxylic acids is 1. The molecule has 27 heavy (non-hydrogen) atoms. The highest BCUT2D eigenvalue weighted by Crippen LogP contribution is 2.32. The fraction of sp³-hybridized carbons (Fsp3) is 0.368. The lowest BCUT2D eigenvalue weighted by atomic mass is 10.1. The number of hydrogen-bond acceptors (Lipinski definition) is 5. The molecule has 6 nitrogen and oxygen atoms in total. The van der Waals surface area contributed by atoms with E-state index < -0.39 is 17.9 Å². The van der Waals surface area contributed by atoms with Crippen molar-refractivity contribution in [3.05, 3.63) is 40.3 Å². The van der Waals surface area contributed by atoms with Crippen molar-refractivity contribution in [1.29, 1.82) is 0 Å². The van der Waals surface area contributed by atoms with Crippen LogP contribution in [0.5, 0.6) is 0 Å². The third kappa shape index (κ3) is 5.90. The van der Waals surface area contributed by atoms with E-state index in [4.69, 9.17) is 17.3 Å². The molecule has 0 unspecified atom stereocenters. The molecule has 0 radical (unpaired) electrons. The molecule has 1 fully saturated rings. The smallest absolute Gasteiger partial charge is 0.326 e. The Labute approximate surface area is 168 Å². The molecule has 2 rings (SSSR count). The molecule has 1 aromatic rings. The van der Waals surface area contributed by atoms with Gasteiger partial charge in [0.15, 0.2) is 0 Å². The summed E-state index contributed by atoms with van der Waals surface area (Å²) in [6.07, 6.45) is 2.79. The van der Waals surface area contributed by atoms with Crippen molar-refractivity contribution in [3.8, 4) is 0 Å². The van der Waals surface area contributed by atoms with Gasteiger partial charge in [-0.05, 0) is 25.0 Å². The number of nitrogens with zero attached hydrogens (tertiary/aromatic N) is 1. The Bertz CT molecular complexity index is 774. The second-order valence-corrected chi connectivity index (χ2v) is 7.92. The zero-order valence-electron chi connectivity index (χ0n) is 15.2. The van der Waals surface area contributed by atoms with Crippen molar-refractivity contribution in [2.24, 2.45) is 0 Å². The SMILES string of the molecule is CCC[C@H](NC(=O)CCN1C(=O)/C(=C\c2ccc(C)cc2)SC1=S)C(=O)O. The predicted octanol–water partition coefficient (Wildman–Crippen LogP) is 2.96. The quantitative estimate of drug-likeness (QED) is 0.510. The number of carbonyl (C=O) groups is 3. The van der Waals surface area contributed by atoms with Crippen LogP contribution in [0.3, 0.4) is 0 Å². The molecule has 0 bridgehead atoms. The number of carboxylic acid groups (broad SMARTS) is 1. The Balaban J connectivity index is 1.96. The molecule has 144 valence electrons. The number of hydrogen-bond donors (Lipinski definition) is 2. The van der Waals surface area contributed by atoms with Crippen LogP contribution >= 0.6 is 24.0 Å². The fourth-order valence-electron chi connectivity index (χ4n) is 2.53. The van der Waals surface area contributed by atoms with E-state index >= 15 is 0 Å². The lowest BCUT2D eigenvalue weighted by Gasteiger charge is -2.16. The number of thiocarbonyl (C=S) groups is 1. The lowest BCUT2D eigenvalue weighted by molar-refractivity contribution is -0.142. The van der Waals surface area contributed by atoms with Gasteiger partial charge in [-0.2, -0.15) is 0 Å². The molecule has 1 aliphatic heterocycles. The fourth-order valence-corrected chi connectivity index (χ4v) is 3.84. The van der Waals surface area contributed by atoms with Crippen LogP contribution in [0.1, 0.15) is 37.3 Å². The Morgan fingerprint density at radius 1 is 1.33 bits per heavy atom. The topological polar surface area (TPSA) is 86.7 Å². The van der Waals surface area contributed by atoms with E-state index in [2.05, 4.69) is 5.32 Å². The lowest BCUT2D eigenvalue weighted by Crippen LogP contribution is -2.42. The number of aryl methyl sites for hydroxylation is 1. The van der Waals surface area contributed by atoms with Crippen molar-refractivity contribution >= 4 is 52.2 Å². The highest BCUT2D eigenvalue weighted by atomic mass is 32.2. The minimum atomic E-state index is -1.06. The maximum atomic E-state index is 12.6. The Kier molecular flexibility index (Phi) is 7.55. The number of nitrogens with one attached hydrogen (secondary N) is 1. The average molecular weight is 407 g/mol. The molecule has 0 spiro atoms. The molecule has 1 heterocycles. The minimum absolute atomic E-state index is 0.00224. The zero-order valence-corrected chi connectivity index (χ0v) is 16.9. The number of benzene rings is 1. The van der Waals surface area contributed by atoms with Gasteiger partial charge >= 0.3 is 5.97 Å². The van der Waals surface area contributed by atoms with E-state index in [1.165, 1.54) is 16.7 Å². The van der Waals surface area contributed by atoms with Crippen molar-refractivity contribution < 1.29 is 19.5 Å². The third-order valence-electron chi connectivity index (χ3n) is 4.02. The van der Waals surface area contributed by atoms with E-state index in [9.17, 15) is 14.4 Å². The standard InChI is InChI=1S/C19H22N2O4S2/c1-3-4-14(18(24)25)20-16(22)9-10-21-17(23)15(27-19(21)26)11-13-7-5-12(2)6-8-13/h5-8,11,14H,3-4,9-10H2,1-2H3,(H,20,22)(H,24,25)/b15-11+/t14-/m0/s1. The van der Waals surface area contributed by atoms with E-state index in [1.54, 1.807) is 6.08 Å². The summed E-state index contributed by atoms with van der Waals surface area (Å²) in [5.74, 6) is -1.70. The van der Waals surface area contributed by atoms with E-state index in [0.29, 0.717) is 22.1 Å². The summed E-state index contributed by atoms with van der Waals surface area (Å²) in [5, 5.41) is 11.6. The second kappa shape index (κ2) is 9.66. The maximum Gasteiger partial charge on any atom is 0.326 e. The van der Waals surface area contributed by atoms with Crippen LogP contribution in [-0.4, -0.2) is 44.7 Å². The zero-order chi connectivity index (χ0) is 20.0. The second-order valence-electron chi connectivity index (χ2n) is 6.24. The van der Waals surface area contributed by atoms with Gasteiger partial charge in [0.2, 0.25) is 5.91 Å². The van der Waals surface area contributed by atoms with Gasteiger partial charge in [0.1, 0.15) is 10.4 Å². The Morgan fingerprint density at radius 3 is 2.59 bits per heavy atom. The molecule has 0 saturated carbocycles. The summed E-state index contributed by atoms with van der Waals surface area (Å²) in [4.78, 5) is 37.6. The first kappa shape index (κ1) is 21.1. The molecule has 0 aromatic heterocycles. The van der Waals surface area contributed by atoms with Gasteiger partial charge in [0.05, 0.1) is 4.91 Å². The van der Waals surface area contributed by atoms with Crippen molar-refractivity contribution in [1.82, 2.24) is 10.2 Å².